The van der Waals surface area contributed by atoms with Crippen LogP contribution < -0.4 is 10.5 Å². The maximum atomic E-state index is 12.0. The number of aromatic nitrogens is 2. The van der Waals surface area contributed by atoms with Gasteiger partial charge in [-0.1, -0.05) is 0 Å². The summed E-state index contributed by atoms with van der Waals surface area (Å²) in [6.45, 7) is 0.308. The zero-order chi connectivity index (χ0) is 13.2. The summed E-state index contributed by atoms with van der Waals surface area (Å²) < 4.78 is 41.2. The Morgan fingerprint density at radius 1 is 1.17 bits per heavy atom. The van der Waals surface area contributed by atoms with Gasteiger partial charge in [0.05, 0.1) is 11.4 Å². The second-order valence-electron chi connectivity index (χ2n) is 3.50. The van der Waals surface area contributed by atoms with Gasteiger partial charge in [0.2, 0.25) is 0 Å². The highest BCUT2D eigenvalue weighted by atomic mass is 19.4. The van der Waals surface area contributed by atoms with Gasteiger partial charge in [-0.15, -0.1) is 13.2 Å². The number of benzene rings is 1. The number of rotatable bonds is 3. The van der Waals surface area contributed by atoms with E-state index in [1.54, 1.807) is 12.3 Å². The molecule has 0 atom stereocenters. The first-order valence-electron chi connectivity index (χ1n) is 5.09. The number of halogens is 3. The minimum Gasteiger partial charge on any atom is -0.406 e. The van der Waals surface area contributed by atoms with E-state index in [0.29, 0.717) is 17.9 Å². The Morgan fingerprint density at radius 3 is 2.33 bits per heavy atom. The first kappa shape index (κ1) is 12.4. The summed E-state index contributed by atoms with van der Waals surface area (Å²) in [4.78, 5) is 0. The molecular weight excluding hydrogens is 247 g/mol. The third-order valence-electron chi connectivity index (χ3n) is 2.19. The van der Waals surface area contributed by atoms with Gasteiger partial charge in [0, 0.05) is 12.7 Å². The fraction of sp³-hybridized carbons (Fsp3) is 0.182. The second-order valence-corrected chi connectivity index (χ2v) is 3.50. The lowest BCUT2D eigenvalue weighted by Crippen LogP contribution is -2.17. The molecule has 0 radical (unpaired) electrons. The Kier molecular flexibility index (Phi) is 3.24. The van der Waals surface area contributed by atoms with E-state index < -0.39 is 6.36 Å². The molecule has 4 nitrogen and oxygen atoms in total. The predicted molar refractivity (Wildman–Crippen MR) is 58.1 cm³/mol. The standard InChI is InChI=1S/C11H10F3N3O/c12-11(13,14)18-10-3-1-9(2-4-10)17-6-5-8(7-15)16-17/h1-6H,7,15H2. The summed E-state index contributed by atoms with van der Waals surface area (Å²) in [5.74, 6) is -0.266. The molecule has 2 aromatic rings. The first-order chi connectivity index (χ1) is 8.48. The highest BCUT2D eigenvalue weighted by molar-refractivity contribution is 5.37. The molecule has 2 N–H and O–H groups in total. The van der Waals surface area contributed by atoms with Gasteiger partial charge in [-0.2, -0.15) is 5.10 Å². The van der Waals surface area contributed by atoms with Crippen LogP contribution >= 0.6 is 0 Å². The Bertz CT molecular complexity index is 519. The number of hydrogen-bond donors (Lipinski definition) is 1. The van der Waals surface area contributed by atoms with Gasteiger partial charge in [0.25, 0.3) is 0 Å². The first-order valence-corrected chi connectivity index (χ1v) is 5.09. The molecule has 0 spiro atoms. The van der Waals surface area contributed by atoms with Crippen LogP contribution in [0.15, 0.2) is 36.5 Å². The van der Waals surface area contributed by atoms with E-state index >= 15 is 0 Å². The molecule has 1 aromatic carbocycles. The van der Waals surface area contributed by atoms with Gasteiger partial charge in [-0.05, 0) is 30.3 Å². The number of alkyl halides is 3. The van der Waals surface area contributed by atoms with E-state index in [1.807, 2.05) is 0 Å². The molecule has 0 unspecified atom stereocenters. The summed E-state index contributed by atoms with van der Waals surface area (Å²) in [5, 5.41) is 4.13. The topological polar surface area (TPSA) is 53.1 Å². The average Bonchev–Trinajstić information content (AvgIpc) is 2.76. The van der Waals surface area contributed by atoms with Crippen LogP contribution in [0, 0.1) is 0 Å². The Labute approximate surface area is 101 Å². The molecule has 2 rings (SSSR count). The van der Waals surface area contributed by atoms with Gasteiger partial charge in [-0.25, -0.2) is 4.68 Å². The third-order valence-corrected chi connectivity index (χ3v) is 2.19. The van der Waals surface area contributed by atoms with Gasteiger partial charge in [0.15, 0.2) is 0 Å². The predicted octanol–water partition coefficient (Wildman–Crippen LogP) is 2.23. The molecule has 18 heavy (non-hydrogen) atoms. The van der Waals surface area contributed by atoms with Crippen LogP contribution in [0.4, 0.5) is 13.2 Å². The zero-order valence-corrected chi connectivity index (χ0v) is 9.19. The minimum atomic E-state index is -4.68. The van der Waals surface area contributed by atoms with Crippen molar-refractivity contribution < 1.29 is 17.9 Å². The van der Waals surface area contributed by atoms with Crippen LogP contribution in [0.2, 0.25) is 0 Å². The van der Waals surface area contributed by atoms with Crippen molar-refractivity contribution in [3.63, 3.8) is 0 Å². The van der Waals surface area contributed by atoms with E-state index in [0.717, 1.165) is 0 Å². The molecular formula is C11H10F3N3O. The maximum absolute atomic E-state index is 12.0. The number of nitrogens with two attached hydrogens (primary N) is 1. The summed E-state index contributed by atoms with van der Waals surface area (Å²) in [7, 11) is 0. The molecule has 1 heterocycles. The molecule has 96 valence electrons. The molecule has 0 aliphatic heterocycles. The fourth-order valence-electron chi connectivity index (χ4n) is 1.41. The van der Waals surface area contributed by atoms with Crippen LogP contribution in [0.5, 0.6) is 5.75 Å². The van der Waals surface area contributed by atoms with E-state index in [9.17, 15) is 13.2 Å². The highest BCUT2D eigenvalue weighted by Crippen LogP contribution is 2.23. The maximum Gasteiger partial charge on any atom is 0.573 e. The quantitative estimate of drug-likeness (QED) is 0.917. The SMILES string of the molecule is NCc1ccn(-c2ccc(OC(F)(F)F)cc2)n1. The number of ether oxygens (including phenoxy) is 1. The van der Waals surface area contributed by atoms with Crippen molar-refractivity contribution in [1.82, 2.24) is 9.78 Å². The molecule has 1 aromatic heterocycles. The van der Waals surface area contributed by atoms with Gasteiger partial charge in [0.1, 0.15) is 5.75 Å². The Balaban J connectivity index is 2.17. The van der Waals surface area contributed by atoms with E-state index in [2.05, 4.69) is 9.84 Å². The van der Waals surface area contributed by atoms with Crippen molar-refractivity contribution in [1.29, 1.82) is 0 Å². The molecule has 0 fully saturated rings. The smallest absolute Gasteiger partial charge is 0.406 e. The van der Waals surface area contributed by atoms with Gasteiger partial charge in [-0.3, -0.25) is 0 Å². The highest BCUT2D eigenvalue weighted by Gasteiger charge is 2.30. The molecule has 0 bridgehead atoms. The largest absolute Gasteiger partial charge is 0.573 e. The van der Waals surface area contributed by atoms with Crippen LogP contribution in [0.1, 0.15) is 5.69 Å². The lowest BCUT2D eigenvalue weighted by atomic mass is 10.3. The molecule has 0 saturated carbocycles. The number of hydrogen-bond acceptors (Lipinski definition) is 3. The van der Waals surface area contributed by atoms with Crippen molar-refractivity contribution in [3.8, 4) is 11.4 Å². The van der Waals surface area contributed by atoms with Crippen LogP contribution in [0.3, 0.4) is 0 Å². The molecule has 0 aliphatic carbocycles. The van der Waals surface area contributed by atoms with Gasteiger partial charge < -0.3 is 10.5 Å². The molecule has 0 saturated heterocycles. The Morgan fingerprint density at radius 2 is 1.83 bits per heavy atom. The lowest BCUT2D eigenvalue weighted by Gasteiger charge is -2.09. The summed E-state index contributed by atoms with van der Waals surface area (Å²) in [5.41, 5.74) is 6.74. The average molecular weight is 257 g/mol. The molecule has 0 aliphatic rings. The minimum absolute atomic E-state index is 0.266. The third kappa shape index (κ3) is 3.01. The monoisotopic (exact) mass is 257 g/mol. The van der Waals surface area contributed by atoms with Gasteiger partial charge >= 0.3 is 6.36 Å². The van der Waals surface area contributed by atoms with Crippen molar-refractivity contribution in [3.05, 3.63) is 42.2 Å². The summed E-state index contributed by atoms with van der Waals surface area (Å²) >= 11 is 0. The van der Waals surface area contributed by atoms with Crippen molar-refractivity contribution in [2.75, 3.05) is 0 Å². The van der Waals surface area contributed by atoms with Crippen LogP contribution in [-0.4, -0.2) is 16.1 Å². The van der Waals surface area contributed by atoms with E-state index in [1.165, 1.54) is 28.9 Å². The second kappa shape index (κ2) is 4.69. The lowest BCUT2D eigenvalue weighted by molar-refractivity contribution is -0.274. The van der Waals surface area contributed by atoms with E-state index in [-0.39, 0.29) is 5.75 Å². The summed E-state index contributed by atoms with van der Waals surface area (Å²) in [6.07, 6.45) is -3.00. The van der Waals surface area contributed by atoms with E-state index in [4.69, 9.17) is 5.73 Å². The molecule has 7 heteroatoms. The van der Waals surface area contributed by atoms with Crippen molar-refractivity contribution >= 4 is 0 Å². The molecule has 0 amide bonds. The number of nitrogens with zero attached hydrogens (tertiary/aromatic N) is 2. The zero-order valence-electron chi connectivity index (χ0n) is 9.19. The summed E-state index contributed by atoms with van der Waals surface area (Å²) in [6, 6.07) is 7.15. The fourth-order valence-corrected chi connectivity index (χ4v) is 1.41. The Hall–Kier alpha value is -2.02. The normalized spacial score (nSPS) is 11.6. The van der Waals surface area contributed by atoms with Crippen molar-refractivity contribution in [2.45, 2.75) is 12.9 Å². The van der Waals surface area contributed by atoms with Crippen LogP contribution in [-0.2, 0) is 6.54 Å². The van der Waals surface area contributed by atoms with Crippen molar-refractivity contribution in [2.24, 2.45) is 5.73 Å². The van der Waals surface area contributed by atoms with Crippen LogP contribution in [0.25, 0.3) is 5.69 Å².